The van der Waals surface area contributed by atoms with Crippen molar-refractivity contribution in [2.75, 3.05) is 19.4 Å². The van der Waals surface area contributed by atoms with Crippen LogP contribution in [0.2, 0.25) is 0 Å². The summed E-state index contributed by atoms with van der Waals surface area (Å²) >= 11 is 1.40. The summed E-state index contributed by atoms with van der Waals surface area (Å²) < 4.78 is 7.05. The maximum Gasteiger partial charge on any atom is 0.230 e. The molecule has 25 heavy (non-hydrogen) atoms. The van der Waals surface area contributed by atoms with Crippen molar-refractivity contribution in [3.05, 3.63) is 30.6 Å². The van der Waals surface area contributed by atoms with Gasteiger partial charge in [0.25, 0.3) is 0 Å². The van der Waals surface area contributed by atoms with Crippen LogP contribution in [0.1, 0.15) is 32.1 Å². The highest BCUT2D eigenvalue weighted by Crippen LogP contribution is 2.23. The molecule has 1 aliphatic carbocycles. The maximum atomic E-state index is 12.1. The van der Waals surface area contributed by atoms with Crippen LogP contribution in [0.15, 0.2) is 35.7 Å². The SMILES string of the molecule is COc1ccc(-n2cnnc2SCC(=O)NCC2CCCCC2)cc1. The third-order valence-corrected chi connectivity index (χ3v) is 5.46. The molecule has 1 heterocycles. The van der Waals surface area contributed by atoms with Gasteiger partial charge in [0.2, 0.25) is 5.91 Å². The number of nitrogens with one attached hydrogen (secondary N) is 1. The lowest BCUT2D eigenvalue weighted by Gasteiger charge is -2.21. The number of amides is 1. The summed E-state index contributed by atoms with van der Waals surface area (Å²) in [5.74, 6) is 1.85. The van der Waals surface area contributed by atoms with Gasteiger partial charge in [0.05, 0.1) is 12.9 Å². The van der Waals surface area contributed by atoms with Gasteiger partial charge in [0.15, 0.2) is 5.16 Å². The van der Waals surface area contributed by atoms with Gasteiger partial charge in [-0.25, -0.2) is 0 Å². The topological polar surface area (TPSA) is 69.0 Å². The Morgan fingerprint density at radius 3 is 2.76 bits per heavy atom. The normalized spacial score (nSPS) is 15.1. The van der Waals surface area contributed by atoms with E-state index >= 15 is 0 Å². The predicted octanol–water partition coefficient (Wildman–Crippen LogP) is 3.06. The van der Waals surface area contributed by atoms with Crippen LogP contribution in [-0.2, 0) is 4.79 Å². The average Bonchev–Trinajstić information content (AvgIpc) is 3.14. The first-order valence-electron chi connectivity index (χ1n) is 8.70. The second kappa shape index (κ2) is 8.89. The molecule has 1 N–H and O–H groups in total. The van der Waals surface area contributed by atoms with E-state index in [2.05, 4.69) is 15.5 Å². The fourth-order valence-corrected chi connectivity index (χ4v) is 3.83. The maximum absolute atomic E-state index is 12.1. The monoisotopic (exact) mass is 360 g/mol. The van der Waals surface area contributed by atoms with Gasteiger partial charge in [-0.3, -0.25) is 9.36 Å². The number of benzene rings is 1. The standard InChI is InChI=1S/C18H24N4O2S/c1-24-16-9-7-15(8-10-16)22-13-20-21-18(22)25-12-17(23)19-11-14-5-3-2-4-6-14/h7-10,13-14H,2-6,11-12H2,1H3,(H,19,23). The Kier molecular flexibility index (Phi) is 6.33. The fraction of sp³-hybridized carbons (Fsp3) is 0.500. The van der Waals surface area contributed by atoms with E-state index in [1.165, 1.54) is 43.9 Å². The largest absolute Gasteiger partial charge is 0.497 e. The second-order valence-electron chi connectivity index (χ2n) is 6.28. The van der Waals surface area contributed by atoms with Crippen LogP contribution in [0.3, 0.4) is 0 Å². The lowest BCUT2D eigenvalue weighted by Crippen LogP contribution is -2.31. The summed E-state index contributed by atoms with van der Waals surface area (Å²) in [7, 11) is 1.64. The number of nitrogens with zero attached hydrogens (tertiary/aromatic N) is 3. The van der Waals surface area contributed by atoms with Gasteiger partial charge < -0.3 is 10.1 Å². The smallest absolute Gasteiger partial charge is 0.230 e. The Labute approximate surface area is 152 Å². The molecule has 0 saturated heterocycles. The molecule has 3 rings (SSSR count). The summed E-state index contributed by atoms with van der Waals surface area (Å²) in [6, 6.07) is 7.66. The molecule has 1 aromatic heterocycles. The van der Waals surface area contributed by atoms with Crippen LogP contribution in [0.5, 0.6) is 5.75 Å². The van der Waals surface area contributed by atoms with E-state index in [9.17, 15) is 4.79 Å². The molecular formula is C18H24N4O2S. The molecule has 0 radical (unpaired) electrons. The van der Waals surface area contributed by atoms with Crippen LogP contribution in [0.4, 0.5) is 0 Å². The fourth-order valence-electron chi connectivity index (χ4n) is 3.07. The van der Waals surface area contributed by atoms with E-state index in [0.29, 0.717) is 16.8 Å². The van der Waals surface area contributed by atoms with Crippen molar-refractivity contribution in [3.63, 3.8) is 0 Å². The molecule has 0 spiro atoms. The van der Waals surface area contributed by atoms with E-state index in [1.54, 1.807) is 13.4 Å². The highest BCUT2D eigenvalue weighted by Gasteiger charge is 2.15. The Bertz CT molecular complexity index is 681. The number of methoxy groups -OCH3 is 1. The summed E-state index contributed by atoms with van der Waals surface area (Å²) in [6.45, 7) is 0.796. The van der Waals surface area contributed by atoms with E-state index in [1.807, 2.05) is 28.8 Å². The zero-order chi connectivity index (χ0) is 17.5. The van der Waals surface area contributed by atoms with Gasteiger partial charge in [-0.2, -0.15) is 0 Å². The lowest BCUT2D eigenvalue weighted by molar-refractivity contribution is -0.118. The van der Waals surface area contributed by atoms with Gasteiger partial charge in [-0.15, -0.1) is 10.2 Å². The van der Waals surface area contributed by atoms with Crippen molar-refractivity contribution in [2.45, 2.75) is 37.3 Å². The number of carbonyl (C=O) groups is 1. The zero-order valence-electron chi connectivity index (χ0n) is 14.5. The molecule has 7 heteroatoms. The minimum Gasteiger partial charge on any atom is -0.497 e. The Hall–Kier alpha value is -2.02. The number of carbonyl (C=O) groups excluding carboxylic acids is 1. The molecule has 0 bridgehead atoms. The highest BCUT2D eigenvalue weighted by atomic mass is 32.2. The third-order valence-electron chi connectivity index (χ3n) is 4.51. The molecule has 1 saturated carbocycles. The van der Waals surface area contributed by atoms with Crippen LogP contribution in [-0.4, -0.2) is 40.1 Å². The van der Waals surface area contributed by atoms with Crippen molar-refractivity contribution < 1.29 is 9.53 Å². The average molecular weight is 360 g/mol. The minimum absolute atomic E-state index is 0.0554. The van der Waals surface area contributed by atoms with E-state index < -0.39 is 0 Å². The summed E-state index contributed by atoms with van der Waals surface area (Å²) in [5, 5.41) is 11.9. The van der Waals surface area contributed by atoms with Gasteiger partial charge in [0, 0.05) is 12.2 Å². The second-order valence-corrected chi connectivity index (χ2v) is 7.22. The molecule has 0 aliphatic heterocycles. The van der Waals surface area contributed by atoms with E-state index in [0.717, 1.165) is 18.0 Å². The summed E-state index contributed by atoms with van der Waals surface area (Å²) in [5.41, 5.74) is 0.941. The van der Waals surface area contributed by atoms with Crippen molar-refractivity contribution in [3.8, 4) is 11.4 Å². The summed E-state index contributed by atoms with van der Waals surface area (Å²) in [6.07, 6.45) is 8.05. The van der Waals surface area contributed by atoms with Gasteiger partial charge in [-0.05, 0) is 43.0 Å². The first-order chi connectivity index (χ1) is 12.3. The predicted molar refractivity (Wildman–Crippen MR) is 98.2 cm³/mol. The van der Waals surface area contributed by atoms with Crippen molar-refractivity contribution in [1.29, 1.82) is 0 Å². The van der Waals surface area contributed by atoms with E-state index in [-0.39, 0.29) is 5.91 Å². The molecule has 0 atom stereocenters. The summed E-state index contributed by atoms with van der Waals surface area (Å²) in [4.78, 5) is 12.1. The number of hydrogen-bond acceptors (Lipinski definition) is 5. The van der Waals surface area contributed by atoms with Crippen molar-refractivity contribution in [2.24, 2.45) is 5.92 Å². The number of aromatic nitrogens is 3. The first-order valence-corrected chi connectivity index (χ1v) is 9.69. The number of thioether (sulfide) groups is 1. The van der Waals surface area contributed by atoms with Crippen LogP contribution in [0, 0.1) is 5.92 Å². The van der Waals surface area contributed by atoms with Crippen molar-refractivity contribution in [1.82, 2.24) is 20.1 Å². The Balaban J connectivity index is 1.51. The van der Waals surface area contributed by atoms with Gasteiger partial charge in [0.1, 0.15) is 12.1 Å². The number of ether oxygens (including phenoxy) is 1. The molecule has 1 aliphatic rings. The van der Waals surface area contributed by atoms with Gasteiger partial charge >= 0.3 is 0 Å². The molecular weight excluding hydrogens is 336 g/mol. The molecule has 1 fully saturated rings. The molecule has 1 amide bonds. The van der Waals surface area contributed by atoms with Crippen LogP contribution >= 0.6 is 11.8 Å². The molecule has 0 unspecified atom stereocenters. The molecule has 134 valence electrons. The van der Waals surface area contributed by atoms with Crippen LogP contribution in [0.25, 0.3) is 5.69 Å². The zero-order valence-corrected chi connectivity index (χ0v) is 15.3. The van der Waals surface area contributed by atoms with Gasteiger partial charge in [-0.1, -0.05) is 31.0 Å². The first kappa shape index (κ1) is 17.8. The number of rotatable bonds is 7. The van der Waals surface area contributed by atoms with Crippen LogP contribution < -0.4 is 10.1 Å². The van der Waals surface area contributed by atoms with E-state index in [4.69, 9.17) is 4.74 Å². The highest BCUT2D eigenvalue weighted by molar-refractivity contribution is 7.99. The lowest BCUT2D eigenvalue weighted by atomic mass is 9.89. The Morgan fingerprint density at radius 2 is 2.04 bits per heavy atom. The quantitative estimate of drug-likeness (QED) is 0.769. The van der Waals surface area contributed by atoms with Crippen molar-refractivity contribution >= 4 is 17.7 Å². The molecule has 6 nitrogen and oxygen atoms in total. The molecule has 1 aromatic carbocycles. The molecule has 2 aromatic rings. The Morgan fingerprint density at radius 1 is 1.28 bits per heavy atom. The number of hydrogen-bond donors (Lipinski definition) is 1. The third kappa shape index (κ3) is 4.98. The minimum atomic E-state index is 0.0554.